The van der Waals surface area contributed by atoms with Gasteiger partial charge in [0.15, 0.2) is 0 Å². The molecule has 0 N–H and O–H groups in total. The van der Waals surface area contributed by atoms with Gasteiger partial charge < -0.3 is 14.5 Å². The smallest absolute Gasteiger partial charge is 0.0621 e. The van der Waals surface area contributed by atoms with E-state index in [1.54, 1.807) is 0 Å². The van der Waals surface area contributed by atoms with Gasteiger partial charge in [-0.15, -0.1) is 11.3 Å². The number of ether oxygens (including phenoxy) is 1. The van der Waals surface area contributed by atoms with Gasteiger partial charge in [0.05, 0.1) is 17.2 Å². The molecule has 2 aromatic rings. The first-order chi connectivity index (χ1) is 12.8. The van der Waals surface area contributed by atoms with E-state index >= 15 is 0 Å². The Hall–Kier alpha value is -1.36. The summed E-state index contributed by atoms with van der Waals surface area (Å²) in [5.41, 5.74) is 2.75. The molecule has 0 radical (unpaired) electrons. The SMILES string of the molecule is CN1CCCC1COCC1CCN(c2ccsc2-c2ccccc2)CC1. The summed E-state index contributed by atoms with van der Waals surface area (Å²) < 4.78 is 6.09. The van der Waals surface area contributed by atoms with E-state index in [1.165, 1.54) is 48.4 Å². The number of hydrogen-bond acceptors (Lipinski definition) is 4. The van der Waals surface area contributed by atoms with E-state index in [0.29, 0.717) is 6.04 Å². The van der Waals surface area contributed by atoms with Crippen LogP contribution in [0, 0.1) is 5.92 Å². The highest BCUT2D eigenvalue weighted by molar-refractivity contribution is 7.14. The zero-order valence-electron chi connectivity index (χ0n) is 15.8. The Morgan fingerprint density at radius 3 is 2.54 bits per heavy atom. The quantitative estimate of drug-likeness (QED) is 0.730. The maximum Gasteiger partial charge on any atom is 0.0621 e. The summed E-state index contributed by atoms with van der Waals surface area (Å²) in [7, 11) is 2.23. The van der Waals surface area contributed by atoms with Crippen molar-refractivity contribution in [2.75, 3.05) is 44.8 Å². The van der Waals surface area contributed by atoms with Gasteiger partial charge >= 0.3 is 0 Å². The summed E-state index contributed by atoms with van der Waals surface area (Å²) in [6.07, 6.45) is 5.11. The molecule has 1 aromatic heterocycles. The van der Waals surface area contributed by atoms with E-state index in [-0.39, 0.29) is 0 Å². The molecule has 4 heteroatoms. The first-order valence-electron chi connectivity index (χ1n) is 9.97. The van der Waals surface area contributed by atoms with Gasteiger partial charge in [0, 0.05) is 25.7 Å². The molecule has 3 heterocycles. The third kappa shape index (κ3) is 4.13. The highest BCUT2D eigenvalue weighted by atomic mass is 32.1. The second-order valence-corrected chi connectivity index (χ2v) is 8.66. The molecule has 0 amide bonds. The number of hydrogen-bond donors (Lipinski definition) is 0. The van der Waals surface area contributed by atoms with Crippen molar-refractivity contribution in [3.8, 4) is 10.4 Å². The normalized spacial score (nSPS) is 22.2. The van der Waals surface area contributed by atoms with Crippen LogP contribution in [0.3, 0.4) is 0 Å². The lowest BCUT2D eigenvalue weighted by Gasteiger charge is -2.34. The minimum absolute atomic E-state index is 0.648. The summed E-state index contributed by atoms with van der Waals surface area (Å²) in [4.78, 5) is 6.43. The van der Waals surface area contributed by atoms with E-state index in [1.807, 2.05) is 11.3 Å². The Morgan fingerprint density at radius 1 is 1.00 bits per heavy atom. The van der Waals surface area contributed by atoms with Crippen LogP contribution in [0.4, 0.5) is 5.69 Å². The van der Waals surface area contributed by atoms with Crippen LogP contribution >= 0.6 is 11.3 Å². The molecule has 2 fully saturated rings. The highest BCUT2D eigenvalue weighted by Gasteiger charge is 2.24. The molecular weight excluding hydrogens is 340 g/mol. The Labute approximate surface area is 161 Å². The van der Waals surface area contributed by atoms with E-state index in [9.17, 15) is 0 Å². The number of likely N-dealkylation sites (N-methyl/N-ethyl adjacent to an activating group) is 1. The summed E-state index contributed by atoms with van der Waals surface area (Å²) >= 11 is 1.85. The Bertz CT molecular complexity index is 678. The molecule has 4 rings (SSSR count). The largest absolute Gasteiger partial charge is 0.380 e. The average Bonchev–Trinajstić information content (AvgIpc) is 3.33. The summed E-state index contributed by atoms with van der Waals surface area (Å²) in [6.45, 7) is 5.38. The van der Waals surface area contributed by atoms with Crippen molar-refractivity contribution in [3.05, 3.63) is 41.8 Å². The van der Waals surface area contributed by atoms with Crippen LogP contribution in [0.25, 0.3) is 10.4 Å². The van der Waals surface area contributed by atoms with Crippen molar-refractivity contribution in [1.82, 2.24) is 4.90 Å². The fourth-order valence-corrected chi connectivity index (χ4v) is 5.18. The van der Waals surface area contributed by atoms with E-state index < -0.39 is 0 Å². The summed E-state index contributed by atoms with van der Waals surface area (Å²) in [5.74, 6) is 0.719. The van der Waals surface area contributed by atoms with Crippen LogP contribution in [0.1, 0.15) is 25.7 Å². The molecule has 0 spiro atoms. The lowest BCUT2D eigenvalue weighted by atomic mass is 9.97. The van der Waals surface area contributed by atoms with E-state index in [2.05, 4.69) is 58.6 Å². The van der Waals surface area contributed by atoms with Gasteiger partial charge in [0.1, 0.15) is 0 Å². The van der Waals surface area contributed by atoms with Crippen molar-refractivity contribution >= 4 is 17.0 Å². The van der Waals surface area contributed by atoms with Gasteiger partial charge in [-0.2, -0.15) is 0 Å². The molecule has 2 aliphatic rings. The molecule has 0 aliphatic carbocycles. The van der Waals surface area contributed by atoms with E-state index in [0.717, 1.165) is 32.2 Å². The minimum atomic E-state index is 0.648. The van der Waals surface area contributed by atoms with Crippen molar-refractivity contribution in [1.29, 1.82) is 0 Å². The number of likely N-dealkylation sites (tertiary alicyclic amines) is 1. The number of benzene rings is 1. The predicted molar refractivity (Wildman–Crippen MR) is 111 cm³/mol. The van der Waals surface area contributed by atoms with Crippen LogP contribution in [0.15, 0.2) is 41.8 Å². The molecule has 140 valence electrons. The maximum atomic E-state index is 6.09. The molecule has 1 unspecified atom stereocenters. The van der Waals surface area contributed by atoms with Gasteiger partial charge in [-0.3, -0.25) is 0 Å². The molecule has 1 aromatic carbocycles. The molecule has 2 aliphatic heterocycles. The zero-order chi connectivity index (χ0) is 17.8. The topological polar surface area (TPSA) is 15.7 Å². The highest BCUT2D eigenvalue weighted by Crippen LogP contribution is 2.37. The summed E-state index contributed by atoms with van der Waals surface area (Å²) in [6, 6.07) is 13.7. The third-order valence-electron chi connectivity index (χ3n) is 5.97. The summed E-state index contributed by atoms with van der Waals surface area (Å²) in [5, 5.41) is 2.23. The van der Waals surface area contributed by atoms with Crippen LogP contribution in [0.2, 0.25) is 0 Å². The molecule has 1 atom stereocenters. The number of nitrogens with zero attached hydrogens (tertiary/aromatic N) is 2. The fraction of sp³-hybridized carbons (Fsp3) is 0.545. The van der Waals surface area contributed by atoms with Crippen LogP contribution in [-0.2, 0) is 4.74 Å². The van der Waals surface area contributed by atoms with Crippen LogP contribution in [0.5, 0.6) is 0 Å². The lowest BCUT2D eigenvalue weighted by Crippen LogP contribution is -2.36. The van der Waals surface area contributed by atoms with Gasteiger partial charge in [0.2, 0.25) is 0 Å². The van der Waals surface area contributed by atoms with Gasteiger partial charge in [-0.05, 0) is 62.2 Å². The second-order valence-electron chi connectivity index (χ2n) is 7.75. The average molecular weight is 371 g/mol. The number of piperidine rings is 1. The monoisotopic (exact) mass is 370 g/mol. The Kier molecular flexibility index (Phi) is 5.93. The first kappa shape index (κ1) is 18.0. The molecular formula is C22H30N2OS. The number of anilines is 1. The Morgan fingerprint density at radius 2 is 1.81 bits per heavy atom. The first-order valence-corrected chi connectivity index (χ1v) is 10.8. The number of rotatable bonds is 6. The van der Waals surface area contributed by atoms with E-state index in [4.69, 9.17) is 4.74 Å². The molecule has 26 heavy (non-hydrogen) atoms. The molecule has 0 bridgehead atoms. The molecule has 2 saturated heterocycles. The van der Waals surface area contributed by atoms with Gasteiger partial charge in [-0.25, -0.2) is 0 Å². The maximum absolute atomic E-state index is 6.09. The minimum Gasteiger partial charge on any atom is -0.380 e. The third-order valence-corrected chi connectivity index (χ3v) is 6.92. The van der Waals surface area contributed by atoms with Gasteiger partial charge in [0.25, 0.3) is 0 Å². The standard InChI is InChI=1S/C22H30N2OS/c1-23-12-5-8-20(23)17-25-16-18-9-13-24(14-10-18)21-11-15-26-22(21)19-6-3-2-4-7-19/h2-4,6-7,11,15,18,20H,5,8-10,12-14,16-17H2,1H3. The van der Waals surface area contributed by atoms with Crippen molar-refractivity contribution < 1.29 is 4.74 Å². The lowest BCUT2D eigenvalue weighted by molar-refractivity contribution is 0.0557. The molecule has 3 nitrogen and oxygen atoms in total. The van der Waals surface area contributed by atoms with Crippen LogP contribution in [-0.4, -0.2) is 50.8 Å². The second kappa shape index (κ2) is 8.55. The van der Waals surface area contributed by atoms with Crippen molar-refractivity contribution in [2.24, 2.45) is 5.92 Å². The van der Waals surface area contributed by atoms with Crippen molar-refractivity contribution in [2.45, 2.75) is 31.7 Å². The molecule has 0 saturated carbocycles. The predicted octanol–water partition coefficient (Wildman–Crippen LogP) is 4.74. The zero-order valence-corrected chi connectivity index (χ0v) is 16.6. The van der Waals surface area contributed by atoms with Gasteiger partial charge in [-0.1, -0.05) is 30.3 Å². The fourth-order valence-electron chi connectivity index (χ4n) is 4.26. The van der Waals surface area contributed by atoms with Crippen LogP contribution < -0.4 is 4.90 Å². The van der Waals surface area contributed by atoms with Crippen molar-refractivity contribution in [3.63, 3.8) is 0 Å². The Balaban J connectivity index is 1.27. The number of thiophene rings is 1.